The summed E-state index contributed by atoms with van der Waals surface area (Å²) in [6.45, 7) is 3.94. The van der Waals surface area contributed by atoms with Crippen molar-refractivity contribution in [3.8, 4) is 5.75 Å². The largest absolute Gasteiger partial charge is 0.497 e. The second-order valence-electron chi connectivity index (χ2n) is 8.12. The van der Waals surface area contributed by atoms with E-state index in [0.717, 1.165) is 6.42 Å². The SMILES string of the molecule is CCCC1=C(C(=O)OCC)[C@@H](c2cccc(OC)c2)n2c(s/c(=C\c3ccc(C(=O)O)cc3)c2=O)=N1. The number of carboxylic acid groups (broad SMARTS) is 1. The maximum atomic E-state index is 13.7. The van der Waals surface area contributed by atoms with Gasteiger partial charge in [0, 0.05) is 0 Å². The Balaban J connectivity index is 1.96. The summed E-state index contributed by atoms with van der Waals surface area (Å²) in [5.74, 6) is -0.921. The van der Waals surface area contributed by atoms with Crippen LogP contribution in [0, 0.1) is 0 Å². The van der Waals surface area contributed by atoms with E-state index in [2.05, 4.69) is 0 Å². The summed E-state index contributed by atoms with van der Waals surface area (Å²) in [6.07, 6.45) is 3.01. The van der Waals surface area contributed by atoms with E-state index in [-0.39, 0.29) is 17.7 Å². The molecule has 0 bridgehead atoms. The number of allylic oxidation sites excluding steroid dienone is 1. The van der Waals surface area contributed by atoms with Crippen molar-refractivity contribution in [3.05, 3.63) is 96.2 Å². The second-order valence-corrected chi connectivity index (χ2v) is 9.13. The van der Waals surface area contributed by atoms with E-state index in [1.54, 1.807) is 44.4 Å². The quantitative estimate of drug-likeness (QED) is 0.470. The van der Waals surface area contributed by atoms with E-state index in [1.807, 2.05) is 19.1 Å². The van der Waals surface area contributed by atoms with E-state index in [9.17, 15) is 14.4 Å². The maximum absolute atomic E-state index is 13.7. The first-order valence-electron chi connectivity index (χ1n) is 11.6. The van der Waals surface area contributed by atoms with Crippen molar-refractivity contribution in [2.24, 2.45) is 4.99 Å². The molecule has 0 saturated heterocycles. The van der Waals surface area contributed by atoms with Crippen LogP contribution in [0.25, 0.3) is 6.08 Å². The highest BCUT2D eigenvalue weighted by molar-refractivity contribution is 7.07. The summed E-state index contributed by atoms with van der Waals surface area (Å²) in [5, 5.41) is 9.15. The first kappa shape index (κ1) is 25.1. The number of hydrogen-bond acceptors (Lipinski definition) is 7. The number of thiazole rings is 1. The van der Waals surface area contributed by atoms with Gasteiger partial charge in [0.2, 0.25) is 0 Å². The van der Waals surface area contributed by atoms with Gasteiger partial charge < -0.3 is 14.6 Å². The number of nitrogens with zero attached hydrogens (tertiary/aromatic N) is 2. The Morgan fingerprint density at radius 2 is 1.92 bits per heavy atom. The standard InChI is InChI=1S/C27H26N2O6S/c1-4-7-20-22(26(33)35-5-2)23(18-8-6-9-19(15-18)34-3)29-24(30)21(36-27(29)28-20)14-16-10-12-17(13-11-16)25(31)32/h6,8-15,23H,4-5,7H2,1-3H3,(H,31,32)/b21-14-/t23-/m1/s1. The number of aromatic nitrogens is 1. The van der Waals surface area contributed by atoms with Crippen LogP contribution in [-0.2, 0) is 9.53 Å². The highest BCUT2D eigenvalue weighted by Gasteiger charge is 2.34. The minimum Gasteiger partial charge on any atom is -0.497 e. The summed E-state index contributed by atoms with van der Waals surface area (Å²) in [5.41, 5.74) is 2.20. The van der Waals surface area contributed by atoms with Crippen LogP contribution in [0.1, 0.15) is 54.2 Å². The Labute approximate surface area is 211 Å². The highest BCUT2D eigenvalue weighted by atomic mass is 32.1. The highest BCUT2D eigenvalue weighted by Crippen LogP contribution is 2.33. The van der Waals surface area contributed by atoms with E-state index >= 15 is 0 Å². The Morgan fingerprint density at radius 3 is 2.56 bits per heavy atom. The van der Waals surface area contributed by atoms with Gasteiger partial charge in [-0.05, 0) is 54.8 Å². The molecule has 0 spiro atoms. The van der Waals surface area contributed by atoms with Crippen LogP contribution in [-0.4, -0.2) is 35.3 Å². The number of carbonyl (C=O) groups excluding carboxylic acids is 1. The first-order chi connectivity index (χ1) is 17.4. The summed E-state index contributed by atoms with van der Waals surface area (Å²) < 4.78 is 12.8. The lowest BCUT2D eigenvalue weighted by atomic mass is 9.94. The van der Waals surface area contributed by atoms with Gasteiger partial charge >= 0.3 is 11.9 Å². The number of aromatic carboxylic acids is 1. The Morgan fingerprint density at radius 1 is 1.17 bits per heavy atom. The lowest BCUT2D eigenvalue weighted by molar-refractivity contribution is -0.139. The third-order valence-electron chi connectivity index (χ3n) is 5.76. The van der Waals surface area contributed by atoms with Crippen LogP contribution in [0.3, 0.4) is 0 Å². The summed E-state index contributed by atoms with van der Waals surface area (Å²) in [7, 11) is 1.56. The van der Waals surface area contributed by atoms with Crippen molar-refractivity contribution in [2.75, 3.05) is 13.7 Å². The van der Waals surface area contributed by atoms with Crippen LogP contribution in [0.5, 0.6) is 5.75 Å². The number of esters is 1. The molecule has 3 aromatic rings. The molecule has 1 atom stereocenters. The topological polar surface area (TPSA) is 107 Å². The van der Waals surface area contributed by atoms with Gasteiger partial charge in [-0.25, -0.2) is 14.6 Å². The molecule has 186 valence electrons. The molecule has 1 aromatic heterocycles. The maximum Gasteiger partial charge on any atom is 0.338 e. The molecular formula is C27H26N2O6S. The molecule has 0 saturated carbocycles. The molecule has 0 aliphatic carbocycles. The number of carboxylic acids is 1. The van der Waals surface area contributed by atoms with E-state index in [4.69, 9.17) is 19.6 Å². The molecule has 0 amide bonds. The van der Waals surface area contributed by atoms with Gasteiger partial charge in [-0.2, -0.15) is 0 Å². The predicted octanol–water partition coefficient (Wildman–Crippen LogP) is 3.29. The fourth-order valence-electron chi connectivity index (χ4n) is 4.12. The molecule has 36 heavy (non-hydrogen) atoms. The number of rotatable bonds is 8. The zero-order chi connectivity index (χ0) is 25.8. The van der Waals surface area contributed by atoms with Crippen LogP contribution >= 0.6 is 11.3 Å². The molecular weight excluding hydrogens is 480 g/mol. The summed E-state index contributed by atoms with van der Waals surface area (Å²) in [6, 6.07) is 12.8. The monoisotopic (exact) mass is 506 g/mol. The Hall–Kier alpha value is -3.98. The van der Waals surface area contributed by atoms with Crippen LogP contribution < -0.4 is 19.6 Å². The van der Waals surface area contributed by atoms with Gasteiger partial charge in [0.1, 0.15) is 5.75 Å². The number of hydrogen-bond donors (Lipinski definition) is 1. The third-order valence-corrected chi connectivity index (χ3v) is 6.74. The molecule has 4 rings (SSSR count). The van der Waals surface area contributed by atoms with E-state index < -0.39 is 18.0 Å². The van der Waals surface area contributed by atoms with Crippen LogP contribution in [0.15, 0.2) is 69.6 Å². The molecule has 2 heterocycles. The smallest absolute Gasteiger partial charge is 0.338 e. The molecule has 2 aromatic carbocycles. The summed E-state index contributed by atoms with van der Waals surface area (Å²) >= 11 is 1.23. The minimum atomic E-state index is -1.02. The molecule has 0 unspecified atom stereocenters. The fourth-order valence-corrected chi connectivity index (χ4v) is 5.14. The molecule has 1 N–H and O–H groups in total. The van der Waals surface area contributed by atoms with Crippen molar-refractivity contribution in [1.82, 2.24) is 4.57 Å². The van der Waals surface area contributed by atoms with Gasteiger partial charge in [0.15, 0.2) is 4.80 Å². The van der Waals surface area contributed by atoms with Crippen molar-refractivity contribution in [1.29, 1.82) is 0 Å². The predicted molar refractivity (Wildman–Crippen MR) is 136 cm³/mol. The van der Waals surface area contributed by atoms with Gasteiger partial charge in [-0.3, -0.25) is 9.36 Å². The number of carbonyl (C=O) groups is 2. The van der Waals surface area contributed by atoms with Gasteiger partial charge in [-0.15, -0.1) is 0 Å². The lowest BCUT2D eigenvalue weighted by Crippen LogP contribution is -2.40. The molecule has 9 heteroatoms. The van der Waals surface area contributed by atoms with Crippen LogP contribution in [0.2, 0.25) is 0 Å². The molecule has 1 aliphatic heterocycles. The zero-order valence-electron chi connectivity index (χ0n) is 20.2. The van der Waals surface area contributed by atoms with Gasteiger partial charge in [0.05, 0.1) is 41.1 Å². The van der Waals surface area contributed by atoms with Gasteiger partial charge in [0.25, 0.3) is 5.56 Å². The number of benzene rings is 2. The Kier molecular flexibility index (Phi) is 7.49. The number of methoxy groups -OCH3 is 1. The molecule has 0 fully saturated rings. The average molecular weight is 507 g/mol. The van der Waals surface area contributed by atoms with Crippen molar-refractivity contribution in [3.63, 3.8) is 0 Å². The zero-order valence-corrected chi connectivity index (χ0v) is 21.0. The molecule has 1 aliphatic rings. The average Bonchev–Trinajstić information content (AvgIpc) is 3.18. The molecule has 8 nitrogen and oxygen atoms in total. The minimum absolute atomic E-state index is 0.162. The second kappa shape index (κ2) is 10.7. The van der Waals surface area contributed by atoms with E-state index in [0.29, 0.717) is 43.9 Å². The van der Waals surface area contributed by atoms with Crippen molar-refractivity contribution < 1.29 is 24.2 Å². The fraction of sp³-hybridized carbons (Fsp3) is 0.259. The third kappa shape index (κ3) is 4.87. The Bertz CT molecular complexity index is 1510. The number of ether oxygens (including phenoxy) is 2. The van der Waals surface area contributed by atoms with E-state index in [1.165, 1.54) is 28.0 Å². The van der Waals surface area contributed by atoms with Crippen molar-refractivity contribution >= 4 is 29.4 Å². The van der Waals surface area contributed by atoms with Gasteiger partial charge in [-0.1, -0.05) is 48.9 Å². The molecule has 0 radical (unpaired) electrons. The lowest BCUT2D eigenvalue weighted by Gasteiger charge is -2.26. The number of fused-ring (bicyclic) bond motifs is 1. The normalized spacial score (nSPS) is 15.3. The summed E-state index contributed by atoms with van der Waals surface area (Å²) in [4.78, 5) is 43.3. The first-order valence-corrected chi connectivity index (χ1v) is 12.4. The van der Waals surface area contributed by atoms with Crippen molar-refractivity contribution in [2.45, 2.75) is 32.7 Å². The van der Waals surface area contributed by atoms with Crippen LogP contribution in [0.4, 0.5) is 0 Å².